The highest BCUT2D eigenvalue weighted by molar-refractivity contribution is 6.15. The number of nitrogens with zero attached hydrogens (tertiary/aromatic N) is 4. The van der Waals surface area contributed by atoms with Crippen LogP contribution < -0.4 is 5.73 Å². The maximum atomic E-state index is 13.1. The first-order valence-corrected chi connectivity index (χ1v) is 9.12. The smallest absolute Gasteiger partial charge is 0.194 e. The van der Waals surface area contributed by atoms with Crippen LogP contribution in [0.5, 0.6) is 0 Å². The van der Waals surface area contributed by atoms with Gasteiger partial charge in [-0.05, 0) is 48.4 Å². The Bertz CT molecular complexity index is 1380. The van der Waals surface area contributed by atoms with E-state index in [1.54, 1.807) is 16.8 Å². The third kappa shape index (κ3) is 2.62. The maximum Gasteiger partial charge on any atom is 0.194 e. The Kier molecular flexibility index (Phi) is 3.61. The Hall–Kier alpha value is -4.18. The molecular formula is C22H16N6O. The lowest BCUT2D eigenvalue weighted by Crippen LogP contribution is -2.08. The first-order chi connectivity index (χ1) is 14.0. The molecule has 0 amide bonds. The van der Waals surface area contributed by atoms with E-state index in [4.69, 9.17) is 5.73 Å². The Morgan fingerprint density at radius 1 is 1.31 bits per heavy atom. The second-order valence-corrected chi connectivity index (χ2v) is 7.04. The number of aromatic nitrogens is 4. The molecule has 2 aromatic carbocycles. The summed E-state index contributed by atoms with van der Waals surface area (Å²) in [6.45, 7) is 1.89. The van der Waals surface area contributed by atoms with Crippen LogP contribution in [0.4, 0.5) is 5.82 Å². The number of Topliss-reactive ketones (excluding diaryl/α,β-unsaturated/α-hetero) is 1. The fourth-order valence-electron chi connectivity index (χ4n) is 3.78. The number of carbonyl (C=O) groups excluding carboxylic acids is 1. The molecule has 3 N–H and O–H groups in total. The van der Waals surface area contributed by atoms with Gasteiger partial charge in [-0.1, -0.05) is 12.1 Å². The zero-order valence-corrected chi connectivity index (χ0v) is 15.6. The van der Waals surface area contributed by atoms with Crippen LogP contribution in [0.15, 0.2) is 48.2 Å². The van der Waals surface area contributed by atoms with Crippen LogP contribution in [0, 0.1) is 18.3 Å². The summed E-state index contributed by atoms with van der Waals surface area (Å²) in [4.78, 5) is 20.7. The summed E-state index contributed by atoms with van der Waals surface area (Å²) in [5.74, 6) is 0.932. The highest BCUT2D eigenvalue weighted by Crippen LogP contribution is 2.31. The van der Waals surface area contributed by atoms with Crippen molar-refractivity contribution in [1.82, 2.24) is 19.7 Å². The van der Waals surface area contributed by atoms with Crippen LogP contribution in [0.2, 0.25) is 0 Å². The van der Waals surface area contributed by atoms with Gasteiger partial charge in [0.25, 0.3) is 0 Å². The number of allylic oxidation sites excluding steroid dienone is 1. The summed E-state index contributed by atoms with van der Waals surface area (Å²) >= 11 is 0. The van der Waals surface area contributed by atoms with E-state index in [2.05, 4.69) is 21.1 Å². The topological polar surface area (TPSA) is 113 Å². The number of carbonyl (C=O) groups is 1. The second kappa shape index (κ2) is 6.17. The molecule has 0 atom stereocenters. The number of nitriles is 1. The van der Waals surface area contributed by atoms with Crippen molar-refractivity contribution in [3.63, 3.8) is 0 Å². The number of anilines is 1. The van der Waals surface area contributed by atoms with Crippen LogP contribution in [-0.4, -0.2) is 25.5 Å². The van der Waals surface area contributed by atoms with E-state index >= 15 is 0 Å². The summed E-state index contributed by atoms with van der Waals surface area (Å²) in [6.07, 6.45) is 3.76. The number of nitrogens with one attached hydrogen (secondary N) is 1. The van der Waals surface area contributed by atoms with Gasteiger partial charge in [-0.15, -0.1) is 0 Å². The average Bonchev–Trinajstić information content (AvgIpc) is 3.41. The number of aryl methyl sites for hydroxylation is 1. The number of ketones is 1. The predicted octanol–water partition coefficient (Wildman–Crippen LogP) is 3.33. The van der Waals surface area contributed by atoms with Crippen molar-refractivity contribution in [2.24, 2.45) is 0 Å². The van der Waals surface area contributed by atoms with Gasteiger partial charge in [-0.3, -0.25) is 4.79 Å². The quantitative estimate of drug-likeness (QED) is 0.529. The molecule has 5 rings (SSSR count). The summed E-state index contributed by atoms with van der Waals surface area (Å²) in [7, 11) is 0. The standard InChI is InChI=1S/C22H16N6O/c1-12-26-19-6-5-16(9-20(19)27-12)28-22(24)18(11-25-28)21(29)15-7-13-3-2-4-14(10-23)17(13)8-15/h2-6,8-9,11H,7,24H2,1H3,(H,26,27). The third-order valence-electron chi connectivity index (χ3n) is 5.19. The van der Waals surface area contributed by atoms with Gasteiger partial charge in [0.1, 0.15) is 11.6 Å². The number of H-pyrrole nitrogens is 1. The molecule has 0 spiro atoms. The molecule has 4 aromatic rings. The van der Waals surface area contributed by atoms with Crippen LogP contribution in [0.3, 0.4) is 0 Å². The summed E-state index contributed by atoms with van der Waals surface area (Å²) < 4.78 is 1.55. The van der Waals surface area contributed by atoms with Gasteiger partial charge in [0.05, 0.1) is 40.1 Å². The van der Waals surface area contributed by atoms with E-state index < -0.39 is 0 Å². The highest BCUT2D eigenvalue weighted by Gasteiger charge is 2.25. The van der Waals surface area contributed by atoms with Crippen molar-refractivity contribution in [3.8, 4) is 11.8 Å². The normalized spacial score (nSPS) is 12.6. The molecule has 0 fully saturated rings. The number of rotatable bonds is 3. The molecule has 0 saturated heterocycles. The Labute approximate surface area is 166 Å². The molecule has 0 bridgehead atoms. The minimum Gasteiger partial charge on any atom is -0.383 e. The Balaban J connectivity index is 1.51. The van der Waals surface area contributed by atoms with Gasteiger partial charge in [-0.25, -0.2) is 9.67 Å². The van der Waals surface area contributed by atoms with E-state index in [-0.39, 0.29) is 11.6 Å². The molecule has 1 aliphatic carbocycles. The van der Waals surface area contributed by atoms with Gasteiger partial charge in [-0.2, -0.15) is 10.4 Å². The highest BCUT2D eigenvalue weighted by atomic mass is 16.1. The van der Waals surface area contributed by atoms with Crippen molar-refractivity contribution in [2.75, 3.05) is 5.73 Å². The number of hydrogen-bond donors (Lipinski definition) is 2. The van der Waals surface area contributed by atoms with Crippen molar-refractivity contribution in [1.29, 1.82) is 5.26 Å². The molecule has 1 aliphatic rings. The van der Waals surface area contributed by atoms with E-state index in [9.17, 15) is 10.1 Å². The molecule has 0 saturated carbocycles. The molecule has 0 unspecified atom stereocenters. The van der Waals surface area contributed by atoms with E-state index in [0.717, 1.165) is 33.7 Å². The number of imidazole rings is 1. The Morgan fingerprint density at radius 2 is 2.17 bits per heavy atom. The first-order valence-electron chi connectivity index (χ1n) is 9.12. The summed E-state index contributed by atoms with van der Waals surface area (Å²) in [5, 5.41) is 13.6. The maximum absolute atomic E-state index is 13.1. The summed E-state index contributed by atoms with van der Waals surface area (Å²) in [5.41, 5.74) is 12.1. The van der Waals surface area contributed by atoms with E-state index in [1.807, 2.05) is 37.3 Å². The number of fused-ring (bicyclic) bond motifs is 2. The van der Waals surface area contributed by atoms with Crippen molar-refractivity contribution in [2.45, 2.75) is 13.3 Å². The summed E-state index contributed by atoms with van der Waals surface area (Å²) in [6, 6.07) is 13.3. The molecule has 0 radical (unpaired) electrons. The molecule has 2 aromatic heterocycles. The number of hydrogen-bond acceptors (Lipinski definition) is 5. The van der Waals surface area contributed by atoms with Crippen LogP contribution in [-0.2, 0) is 6.42 Å². The molecule has 29 heavy (non-hydrogen) atoms. The van der Waals surface area contributed by atoms with Gasteiger partial charge < -0.3 is 10.7 Å². The molecule has 0 aliphatic heterocycles. The lowest BCUT2D eigenvalue weighted by molar-refractivity contribution is 0.103. The third-order valence-corrected chi connectivity index (χ3v) is 5.19. The number of nitrogens with two attached hydrogens (primary N) is 1. The zero-order chi connectivity index (χ0) is 20.1. The second-order valence-electron chi connectivity index (χ2n) is 7.04. The number of benzene rings is 2. The molecule has 7 heteroatoms. The van der Waals surface area contributed by atoms with Crippen molar-refractivity contribution in [3.05, 3.63) is 76.2 Å². The van der Waals surface area contributed by atoms with Gasteiger partial charge in [0.2, 0.25) is 0 Å². The first kappa shape index (κ1) is 17.0. The van der Waals surface area contributed by atoms with E-state index in [1.165, 1.54) is 6.20 Å². The lowest BCUT2D eigenvalue weighted by atomic mass is 10.0. The van der Waals surface area contributed by atoms with Crippen LogP contribution in [0.1, 0.15) is 32.9 Å². The number of nitrogen functional groups attached to an aromatic ring is 1. The van der Waals surface area contributed by atoms with Crippen molar-refractivity contribution >= 4 is 28.7 Å². The molecular weight excluding hydrogens is 364 g/mol. The zero-order valence-electron chi connectivity index (χ0n) is 15.6. The minimum atomic E-state index is -0.174. The molecule has 2 heterocycles. The van der Waals surface area contributed by atoms with E-state index in [0.29, 0.717) is 23.1 Å². The van der Waals surface area contributed by atoms with Crippen LogP contribution in [0.25, 0.3) is 22.8 Å². The minimum absolute atomic E-state index is 0.174. The van der Waals surface area contributed by atoms with Gasteiger partial charge >= 0.3 is 0 Å². The SMILES string of the molecule is Cc1nc2ccc(-n3ncc(C(=O)C4=Cc5c(C#N)cccc5C4)c3N)cc2[nH]1. The predicted molar refractivity (Wildman–Crippen MR) is 110 cm³/mol. The average molecular weight is 380 g/mol. The monoisotopic (exact) mass is 380 g/mol. The fraction of sp³-hybridized carbons (Fsp3) is 0.0909. The Morgan fingerprint density at radius 3 is 3.00 bits per heavy atom. The lowest BCUT2D eigenvalue weighted by Gasteiger charge is -2.05. The van der Waals surface area contributed by atoms with Crippen LogP contribution >= 0.6 is 0 Å². The molecule has 7 nitrogen and oxygen atoms in total. The van der Waals surface area contributed by atoms with Crippen molar-refractivity contribution < 1.29 is 4.79 Å². The number of aromatic amines is 1. The molecule has 140 valence electrons. The van der Waals surface area contributed by atoms with Gasteiger partial charge in [0, 0.05) is 12.0 Å². The van der Waals surface area contributed by atoms with Gasteiger partial charge in [0.15, 0.2) is 5.78 Å². The largest absolute Gasteiger partial charge is 0.383 e. The fourth-order valence-corrected chi connectivity index (χ4v) is 3.78.